The van der Waals surface area contributed by atoms with Gasteiger partial charge in [0.15, 0.2) is 0 Å². The Bertz CT molecular complexity index is 825. The molecule has 1 N–H and O–H groups in total. The molecule has 1 atom stereocenters. The second-order valence-electron chi connectivity index (χ2n) is 7.18. The van der Waals surface area contributed by atoms with Crippen LogP contribution in [0.4, 0.5) is 0 Å². The van der Waals surface area contributed by atoms with Gasteiger partial charge in [0.25, 0.3) is 5.91 Å². The highest BCUT2D eigenvalue weighted by molar-refractivity contribution is 5.95. The Morgan fingerprint density at radius 2 is 1.81 bits per heavy atom. The number of piperazine rings is 1. The Morgan fingerprint density at radius 3 is 2.54 bits per heavy atom. The molecule has 2 aromatic rings. The molecule has 1 saturated heterocycles. The van der Waals surface area contributed by atoms with Crippen LogP contribution in [0, 0.1) is 0 Å². The third kappa shape index (κ3) is 3.55. The minimum atomic E-state index is -0.147. The van der Waals surface area contributed by atoms with Gasteiger partial charge in [-0.1, -0.05) is 24.3 Å². The number of nitrogens with zero attached hydrogens (tertiary/aromatic N) is 3. The Morgan fingerprint density at radius 1 is 1.08 bits per heavy atom. The molecule has 1 aromatic carbocycles. The fourth-order valence-corrected chi connectivity index (χ4v) is 3.37. The van der Waals surface area contributed by atoms with E-state index in [1.807, 2.05) is 42.2 Å². The minimum Gasteiger partial charge on any atom is -0.352 e. The summed E-state index contributed by atoms with van der Waals surface area (Å²) in [7, 11) is 0. The quantitative estimate of drug-likeness (QED) is 0.909. The van der Waals surface area contributed by atoms with E-state index in [1.165, 1.54) is 0 Å². The van der Waals surface area contributed by atoms with Gasteiger partial charge in [-0.2, -0.15) is 0 Å². The summed E-state index contributed by atoms with van der Waals surface area (Å²) in [4.78, 5) is 33.5. The molecule has 6 heteroatoms. The van der Waals surface area contributed by atoms with Gasteiger partial charge in [-0.15, -0.1) is 0 Å². The molecule has 6 nitrogen and oxygen atoms in total. The molecule has 2 heterocycles. The molecule has 0 radical (unpaired) electrons. The number of carbonyl (C=O) groups is 2. The summed E-state index contributed by atoms with van der Waals surface area (Å²) >= 11 is 0. The van der Waals surface area contributed by atoms with Crippen LogP contribution in [0.25, 0.3) is 10.9 Å². The number of fused-ring (bicyclic) bond motifs is 1. The molecule has 0 spiro atoms. The maximum absolute atomic E-state index is 12.8. The summed E-state index contributed by atoms with van der Waals surface area (Å²) in [6.45, 7) is 4.60. The van der Waals surface area contributed by atoms with E-state index in [0.29, 0.717) is 37.9 Å². The molecule has 0 bridgehead atoms. The highest BCUT2D eigenvalue weighted by Gasteiger charge is 2.31. The van der Waals surface area contributed by atoms with Crippen molar-refractivity contribution < 1.29 is 9.59 Å². The van der Waals surface area contributed by atoms with Gasteiger partial charge >= 0.3 is 0 Å². The van der Waals surface area contributed by atoms with Crippen LogP contribution in [0.5, 0.6) is 0 Å². The predicted octanol–water partition coefficient (Wildman–Crippen LogP) is 1.66. The molecule has 2 amide bonds. The molecule has 4 rings (SSSR count). The average molecular weight is 352 g/mol. The van der Waals surface area contributed by atoms with Crippen LogP contribution < -0.4 is 5.32 Å². The molecule has 26 heavy (non-hydrogen) atoms. The third-order valence-corrected chi connectivity index (χ3v) is 5.27. The summed E-state index contributed by atoms with van der Waals surface area (Å²) in [5.74, 6) is 0.0639. The van der Waals surface area contributed by atoms with Crippen LogP contribution in [-0.4, -0.2) is 64.9 Å². The van der Waals surface area contributed by atoms with Gasteiger partial charge < -0.3 is 10.2 Å². The maximum atomic E-state index is 12.8. The molecule has 1 aromatic heterocycles. The van der Waals surface area contributed by atoms with Crippen molar-refractivity contribution in [3.05, 3.63) is 42.1 Å². The number of carbonyl (C=O) groups excluding carboxylic acids is 2. The molecule has 1 saturated carbocycles. The molecule has 1 unspecified atom stereocenters. The lowest BCUT2D eigenvalue weighted by Gasteiger charge is -2.37. The Balaban J connectivity index is 1.37. The number of para-hydroxylation sites is 1. The van der Waals surface area contributed by atoms with Gasteiger partial charge in [-0.05, 0) is 31.9 Å². The second kappa shape index (κ2) is 7.03. The fraction of sp³-hybridized carbons (Fsp3) is 0.450. The first-order valence-corrected chi connectivity index (χ1v) is 9.31. The number of aromatic nitrogens is 1. The van der Waals surface area contributed by atoms with Crippen LogP contribution in [0.15, 0.2) is 36.4 Å². The molecule has 2 fully saturated rings. The van der Waals surface area contributed by atoms with Gasteiger partial charge in [0.1, 0.15) is 5.69 Å². The second-order valence-corrected chi connectivity index (χ2v) is 7.18. The largest absolute Gasteiger partial charge is 0.352 e. The Kier molecular flexibility index (Phi) is 4.59. The van der Waals surface area contributed by atoms with Gasteiger partial charge in [0.2, 0.25) is 5.91 Å². The molecule has 1 aliphatic heterocycles. The lowest BCUT2D eigenvalue weighted by molar-refractivity contribution is -0.126. The lowest BCUT2D eigenvalue weighted by atomic mass is 10.1. The van der Waals surface area contributed by atoms with E-state index in [4.69, 9.17) is 0 Å². The van der Waals surface area contributed by atoms with Crippen molar-refractivity contribution in [3.8, 4) is 0 Å². The topological polar surface area (TPSA) is 65.5 Å². The highest BCUT2D eigenvalue weighted by atomic mass is 16.2. The van der Waals surface area contributed by atoms with Crippen molar-refractivity contribution in [2.75, 3.05) is 26.2 Å². The first-order valence-electron chi connectivity index (χ1n) is 9.31. The highest BCUT2D eigenvalue weighted by Crippen LogP contribution is 2.19. The zero-order chi connectivity index (χ0) is 18.1. The normalized spacial score (nSPS) is 19.3. The smallest absolute Gasteiger partial charge is 0.272 e. The van der Waals surface area contributed by atoms with Gasteiger partial charge in [-0.25, -0.2) is 4.98 Å². The summed E-state index contributed by atoms with van der Waals surface area (Å²) in [6, 6.07) is 11.8. The van der Waals surface area contributed by atoms with E-state index in [-0.39, 0.29) is 17.9 Å². The van der Waals surface area contributed by atoms with Crippen molar-refractivity contribution in [1.29, 1.82) is 0 Å². The average Bonchev–Trinajstić information content (AvgIpc) is 3.50. The van der Waals surface area contributed by atoms with Gasteiger partial charge in [0, 0.05) is 37.6 Å². The van der Waals surface area contributed by atoms with Crippen LogP contribution in [0.3, 0.4) is 0 Å². The number of rotatable bonds is 4. The van der Waals surface area contributed by atoms with Gasteiger partial charge in [-0.3, -0.25) is 14.5 Å². The zero-order valence-electron chi connectivity index (χ0n) is 15.0. The monoisotopic (exact) mass is 352 g/mol. The van der Waals surface area contributed by atoms with Crippen molar-refractivity contribution in [3.63, 3.8) is 0 Å². The molecule has 136 valence electrons. The van der Waals surface area contributed by atoms with Crippen LogP contribution in [0.1, 0.15) is 30.3 Å². The van der Waals surface area contributed by atoms with E-state index in [2.05, 4.69) is 15.2 Å². The summed E-state index contributed by atoms with van der Waals surface area (Å²) in [5.41, 5.74) is 1.32. The number of amides is 2. The Labute approximate surface area is 153 Å². The molecular weight excluding hydrogens is 328 g/mol. The molecule has 2 aliphatic rings. The number of pyridine rings is 1. The SMILES string of the molecule is CC(C(=O)NC1CC1)N1CCN(C(=O)c2ccc3ccccc3n2)CC1. The number of hydrogen-bond donors (Lipinski definition) is 1. The van der Waals surface area contributed by atoms with E-state index < -0.39 is 0 Å². The van der Waals surface area contributed by atoms with E-state index in [9.17, 15) is 9.59 Å². The van der Waals surface area contributed by atoms with Crippen LogP contribution in [0.2, 0.25) is 0 Å². The number of hydrogen-bond acceptors (Lipinski definition) is 4. The first kappa shape index (κ1) is 17.0. The van der Waals surface area contributed by atoms with Crippen molar-refractivity contribution in [2.45, 2.75) is 31.8 Å². The summed E-state index contributed by atoms with van der Waals surface area (Å²) in [5, 5.41) is 4.09. The van der Waals surface area contributed by atoms with Crippen LogP contribution in [-0.2, 0) is 4.79 Å². The van der Waals surface area contributed by atoms with Gasteiger partial charge in [0.05, 0.1) is 11.6 Å². The first-order chi connectivity index (χ1) is 12.6. The van der Waals surface area contributed by atoms with E-state index in [0.717, 1.165) is 23.7 Å². The third-order valence-electron chi connectivity index (χ3n) is 5.27. The fourth-order valence-electron chi connectivity index (χ4n) is 3.37. The van der Waals surface area contributed by atoms with Crippen LogP contribution >= 0.6 is 0 Å². The maximum Gasteiger partial charge on any atom is 0.272 e. The van der Waals surface area contributed by atoms with Crippen molar-refractivity contribution in [1.82, 2.24) is 20.1 Å². The molecule has 1 aliphatic carbocycles. The number of nitrogens with one attached hydrogen (secondary N) is 1. The lowest BCUT2D eigenvalue weighted by Crippen LogP contribution is -2.55. The minimum absolute atomic E-state index is 0.0366. The standard InChI is InChI=1S/C20H24N4O2/c1-14(19(25)21-16-7-8-16)23-10-12-24(13-11-23)20(26)18-9-6-15-4-2-3-5-17(15)22-18/h2-6,9,14,16H,7-8,10-13H2,1H3,(H,21,25). The predicted molar refractivity (Wildman–Crippen MR) is 99.8 cm³/mol. The van der Waals surface area contributed by atoms with Crippen molar-refractivity contribution in [2.24, 2.45) is 0 Å². The molecular formula is C20H24N4O2. The van der Waals surface area contributed by atoms with E-state index in [1.54, 1.807) is 6.07 Å². The Hall–Kier alpha value is -2.47. The number of benzene rings is 1. The van der Waals surface area contributed by atoms with Crippen molar-refractivity contribution >= 4 is 22.7 Å². The zero-order valence-corrected chi connectivity index (χ0v) is 15.0. The van der Waals surface area contributed by atoms with E-state index >= 15 is 0 Å². The summed E-state index contributed by atoms with van der Waals surface area (Å²) in [6.07, 6.45) is 2.19. The summed E-state index contributed by atoms with van der Waals surface area (Å²) < 4.78 is 0.